The van der Waals surface area contributed by atoms with Gasteiger partial charge in [0, 0.05) is 34.4 Å². The minimum atomic E-state index is -0.885. The van der Waals surface area contributed by atoms with Gasteiger partial charge in [-0.25, -0.2) is 8.78 Å². The molecular weight excluding hydrogens is 314 g/mol. The maximum absolute atomic E-state index is 13.2. The Morgan fingerprint density at radius 2 is 1.84 bits per heavy atom. The van der Waals surface area contributed by atoms with Gasteiger partial charge in [-0.15, -0.1) is 0 Å². The van der Waals surface area contributed by atoms with Crippen molar-refractivity contribution in [2.75, 3.05) is 0 Å². The second-order valence-electron chi connectivity index (χ2n) is 4.72. The van der Waals surface area contributed by atoms with Crippen molar-refractivity contribution in [2.45, 2.75) is 18.9 Å². The summed E-state index contributed by atoms with van der Waals surface area (Å²) in [5.74, 6) is -1.26. The molecule has 1 unspecified atom stereocenters. The Kier molecular flexibility index (Phi) is 3.96. The number of hydrogen-bond donors (Lipinski definition) is 1. The van der Waals surface area contributed by atoms with E-state index in [-0.39, 0.29) is 0 Å². The van der Waals surface area contributed by atoms with E-state index in [4.69, 9.17) is 5.73 Å². The fourth-order valence-corrected chi connectivity index (χ4v) is 2.11. The lowest BCUT2D eigenvalue weighted by Gasteiger charge is -2.25. The monoisotopic (exact) mass is 326 g/mol. The van der Waals surface area contributed by atoms with E-state index in [2.05, 4.69) is 20.9 Å². The molecule has 19 heavy (non-hydrogen) atoms. The van der Waals surface area contributed by atoms with Gasteiger partial charge in [0.15, 0.2) is 0 Å². The van der Waals surface area contributed by atoms with E-state index < -0.39 is 17.2 Å². The molecule has 1 atom stereocenters. The van der Waals surface area contributed by atoms with E-state index in [9.17, 15) is 8.78 Å². The van der Waals surface area contributed by atoms with E-state index in [1.54, 1.807) is 13.1 Å². The Hall–Kier alpha value is -1.33. The van der Waals surface area contributed by atoms with Crippen LogP contribution < -0.4 is 5.73 Å². The standard InChI is InChI=1S/C14H13BrF2N2/c1-14(18,7-13-3-2-10(15)8-19-13)9-4-11(16)6-12(17)5-9/h2-6,8H,7,18H2,1H3. The molecule has 0 spiro atoms. The molecule has 5 heteroatoms. The van der Waals surface area contributed by atoms with Gasteiger partial charge in [0.2, 0.25) is 0 Å². The van der Waals surface area contributed by atoms with E-state index in [1.165, 1.54) is 12.1 Å². The van der Waals surface area contributed by atoms with Crippen LogP contribution in [0.4, 0.5) is 8.78 Å². The molecule has 0 aliphatic rings. The number of nitrogens with zero attached hydrogens (tertiary/aromatic N) is 1. The third kappa shape index (κ3) is 3.58. The average Bonchev–Trinajstić information content (AvgIpc) is 2.31. The number of aromatic nitrogens is 1. The van der Waals surface area contributed by atoms with E-state index in [0.29, 0.717) is 12.0 Å². The summed E-state index contributed by atoms with van der Waals surface area (Å²) in [5, 5.41) is 0. The smallest absolute Gasteiger partial charge is 0.126 e. The predicted octanol–water partition coefficient (Wildman–Crippen LogP) is 3.54. The number of pyridine rings is 1. The molecule has 100 valence electrons. The maximum atomic E-state index is 13.2. The zero-order chi connectivity index (χ0) is 14.0. The third-order valence-corrected chi connectivity index (χ3v) is 3.33. The number of benzene rings is 1. The number of halogens is 3. The van der Waals surface area contributed by atoms with Crippen LogP contribution in [0.3, 0.4) is 0 Å². The molecule has 0 amide bonds. The van der Waals surface area contributed by atoms with Gasteiger partial charge in [-0.2, -0.15) is 0 Å². The first-order valence-electron chi connectivity index (χ1n) is 5.73. The zero-order valence-electron chi connectivity index (χ0n) is 10.3. The molecule has 0 bridgehead atoms. The molecule has 1 aromatic carbocycles. The van der Waals surface area contributed by atoms with Crippen LogP contribution in [0.25, 0.3) is 0 Å². The molecule has 1 aromatic heterocycles. The molecule has 0 fully saturated rings. The molecule has 0 aliphatic carbocycles. The molecule has 2 aromatic rings. The van der Waals surface area contributed by atoms with Crippen molar-refractivity contribution in [1.82, 2.24) is 4.98 Å². The van der Waals surface area contributed by atoms with Crippen LogP contribution in [0.5, 0.6) is 0 Å². The predicted molar refractivity (Wildman–Crippen MR) is 73.5 cm³/mol. The second-order valence-corrected chi connectivity index (χ2v) is 5.64. The molecule has 2 rings (SSSR count). The van der Waals surface area contributed by atoms with Crippen LogP contribution in [0.15, 0.2) is 41.0 Å². The molecule has 0 aliphatic heterocycles. The van der Waals surface area contributed by atoms with Crippen molar-refractivity contribution in [3.8, 4) is 0 Å². The molecule has 1 heterocycles. The summed E-state index contributed by atoms with van der Waals surface area (Å²) in [4.78, 5) is 4.22. The van der Waals surface area contributed by atoms with Gasteiger partial charge >= 0.3 is 0 Å². The van der Waals surface area contributed by atoms with Crippen molar-refractivity contribution < 1.29 is 8.78 Å². The van der Waals surface area contributed by atoms with Crippen LogP contribution in [0.2, 0.25) is 0 Å². The largest absolute Gasteiger partial charge is 0.321 e. The summed E-state index contributed by atoms with van der Waals surface area (Å²) in [5.41, 5.74) is 6.45. The lowest BCUT2D eigenvalue weighted by molar-refractivity contribution is 0.473. The lowest BCUT2D eigenvalue weighted by Crippen LogP contribution is -2.36. The summed E-state index contributed by atoms with van der Waals surface area (Å²) in [6, 6.07) is 7.01. The summed E-state index contributed by atoms with van der Waals surface area (Å²) in [6.07, 6.45) is 2.06. The highest BCUT2D eigenvalue weighted by molar-refractivity contribution is 9.10. The summed E-state index contributed by atoms with van der Waals surface area (Å²) in [6.45, 7) is 1.73. The topological polar surface area (TPSA) is 38.9 Å². The average molecular weight is 327 g/mol. The Bertz CT molecular complexity index is 562. The molecule has 2 N–H and O–H groups in total. The number of nitrogens with two attached hydrogens (primary N) is 1. The minimum absolute atomic E-state index is 0.392. The highest BCUT2D eigenvalue weighted by atomic mass is 79.9. The first-order chi connectivity index (χ1) is 8.87. The van der Waals surface area contributed by atoms with Gasteiger partial charge in [-0.05, 0) is 52.7 Å². The SMILES string of the molecule is CC(N)(Cc1ccc(Br)cn1)c1cc(F)cc(F)c1. The quantitative estimate of drug-likeness (QED) is 0.936. The molecular formula is C14H13BrF2N2. The number of rotatable bonds is 3. The van der Waals surface area contributed by atoms with Gasteiger partial charge in [0.1, 0.15) is 11.6 Å². The first-order valence-corrected chi connectivity index (χ1v) is 6.52. The van der Waals surface area contributed by atoms with Crippen molar-refractivity contribution in [3.05, 3.63) is 63.9 Å². The van der Waals surface area contributed by atoms with Crippen LogP contribution in [0.1, 0.15) is 18.2 Å². The van der Waals surface area contributed by atoms with Gasteiger partial charge in [-0.3, -0.25) is 4.98 Å². The maximum Gasteiger partial charge on any atom is 0.126 e. The summed E-state index contributed by atoms with van der Waals surface area (Å²) >= 11 is 3.30. The fraction of sp³-hybridized carbons (Fsp3) is 0.214. The van der Waals surface area contributed by atoms with Crippen molar-refractivity contribution in [2.24, 2.45) is 5.73 Å². The minimum Gasteiger partial charge on any atom is -0.321 e. The van der Waals surface area contributed by atoms with Crippen molar-refractivity contribution in [3.63, 3.8) is 0 Å². The Morgan fingerprint density at radius 1 is 1.21 bits per heavy atom. The Balaban J connectivity index is 2.28. The van der Waals surface area contributed by atoms with Gasteiger partial charge in [0.25, 0.3) is 0 Å². The van der Waals surface area contributed by atoms with E-state index >= 15 is 0 Å². The fourth-order valence-electron chi connectivity index (χ4n) is 1.87. The second kappa shape index (κ2) is 5.35. The Morgan fingerprint density at radius 3 is 2.37 bits per heavy atom. The Labute approximate surface area is 118 Å². The van der Waals surface area contributed by atoms with Crippen molar-refractivity contribution >= 4 is 15.9 Å². The van der Waals surface area contributed by atoms with Crippen LogP contribution in [0, 0.1) is 11.6 Å². The van der Waals surface area contributed by atoms with Gasteiger partial charge in [0.05, 0.1) is 0 Å². The number of hydrogen-bond acceptors (Lipinski definition) is 2. The highest BCUT2D eigenvalue weighted by Gasteiger charge is 2.23. The van der Waals surface area contributed by atoms with Gasteiger partial charge in [-0.1, -0.05) is 0 Å². The van der Waals surface area contributed by atoms with Gasteiger partial charge < -0.3 is 5.73 Å². The molecule has 2 nitrogen and oxygen atoms in total. The normalized spacial score (nSPS) is 14.2. The van der Waals surface area contributed by atoms with Crippen LogP contribution in [-0.4, -0.2) is 4.98 Å². The summed E-state index contributed by atoms with van der Waals surface area (Å²) < 4.78 is 27.3. The van der Waals surface area contributed by atoms with Crippen LogP contribution >= 0.6 is 15.9 Å². The van der Waals surface area contributed by atoms with Crippen LogP contribution in [-0.2, 0) is 12.0 Å². The first kappa shape index (κ1) is 14.1. The highest BCUT2D eigenvalue weighted by Crippen LogP contribution is 2.24. The third-order valence-electron chi connectivity index (χ3n) is 2.86. The van der Waals surface area contributed by atoms with E-state index in [0.717, 1.165) is 16.2 Å². The summed E-state index contributed by atoms with van der Waals surface area (Å²) in [7, 11) is 0. The molecule has 0 saturated heterocycles. The van der Waals surface area contributed by atoms with Crippen molar-refractivity contribution in [1.29, 1.82) is 0 Å². The molecule has 0 saturated carbocycles. The van der Waals surface area contributed by atoms with E-state index in [1.807, 2.05) is 12.1 Å². The zero-order valence-corrected chi connectivity index (χ0v) is 11.9. The lowest BCUT2D eigenvalue weighted by atomic mass is 9.88. The molecule has 0 radical (unpaired) electrons.